The van der Waals surface area contributed by atoms with Crippen LogP contribution in [-0.2, 0) is 26.3 Å². The van der Waals surface area contributed by atoms with Crippen LogP contribution in [0.25, 0.3) is 0 Å². The molecule has 0 saturated carbocycles. The highest BCUT2D eigenvalue weighted by molar-refractivity contribution is 7.90. The highest BCUT2D eigenvalue weighted by atomic mass is 32.2. The van der Waals surface area contributed by atoms with Crippen molar-refractivity contribution in [1.29, 1.82) is 0 Å². The number of halogens is 2. The van der Waals surface area contributed by atoms with Crippen molar-refractivity contribution in [2.24, 2.45) is 0 Å². The van der Waals surface area contributed by atoms with Crippen LogP contribution in [0.1, 0.15) is 25.8 Å². The number of amides is 2. The van der Waals surface area contributed by atoms with E-state index in [1.807, 2.05) is 6.92 Å². The summed E-state index contributed by atoms with van der Waals surface area (Å²) >= 11 is 0. The van der Waals surface area contributed by atoms with Crippen LogP contribution in [0.4, 0.5) is 14.5 Å². The van der Waals surface area contributed by atoms with Gasteiger partial charge in [0.05, 0.1) is 5.69 Å². The molecule has 1 atom stereocenters. The number of carbonyl (C=O) groups is 2. The highest BCUT2D eigenvalue weighted by Crippen LogP contribution is 2.21. The summed E-state index contributed by atoms with van der Waals surface area (Å²) in [4.78, 5) is 27.3. The summed E-state index contributed by atoms with van der Waals surface area (Å²) in [7, 11) is -1.50. The van der Waals surface area contributed by atoms with Crippen molar-refractivity contribution in [3.8, 4) is 0 Å². The average molecular weight is 497 g/mol. The van der Waals surface area contributed by atoms with E-state index >= 15 is 0 Å². The molecule has 0 saturated heterocycles. The maximum absolute atomic E-state index is 13.4. The van der Waals surface area contributed by atoms with Gasteiger partial charge in [-0.2, -0.15) is 12.7 Å². The van der Waals surface area contributed by atoms with E-state index in [1.165, 1.54) is 62.3 Å². The molecule has 0 aliphatic carbocycles. The summed E-state index contributed by atoms with van der Waals surface area (Å²) in [6, 6.07) is 9.21. The molecule has 2 aromatic carbocycles. The first-order chi connectivity index (χ1) is 16.0. The van der Waals surface area contributed by atoms with Gasteiger partial charge in [0.15, 0.2) is 0 Å². The minimum absolute atomic E-state index is 0.0426. The van der Waals surface area contributed by atoms with Gasteiger partial charge in [0.1, 0.15) is 24.2 Å². The van der Waals surface area contributed by atoms with Crippen molar-refractivity contribution < 1.29 is 26.8 Å². The Morgan fingerprint density at radius 2 is 1.50 bits per heavy atom. The maximum atomic E-state index is 13.4. The smallest absolute Gasteiger partial charge is 0.304 e. The van der Waals surface area contributed by atoms with Gasteiger partial charge in [0.2, 0.25) is 11.8 Å². The van der Waals surface area contributed by atoms with E-state index in [1.54, 1.807) is 0 Å². The van der Waals surface area contributed by atoms with Gasteiger partial charge in [-0.25, -0.2) is 13.1 Å². The number of anilines is 1. The Morgan fingerprint density at radius 3 is 2.00 bits per heavy atom. The summed E-state index contributed by atoms with van der Waals surface area (Å²) in [6.07, 6.45) is 0.698. The molecule has 0 aromatic heterocycles. The van der Waals surface area contributed by atoms with Crippen molar-refractivity contribution >= 4 is 27.7 Å². The van der Waals surface area contributed by atoms with E-state index in [-0.39, 0.29) is 12.2 Å². The average Bonchev–Trinajstić information content (AvgIpc) is 2.80. The second-order valence-electron chi connectivity index (χ2n) is 7.89. The quantitative estimate of drug-likeness (QED) is 0.518. The molecule has 0 spiro atoms. The van der Waals surface area contributed by atoms with E-state index in [0.29, 0.717) is 18.5 Å². The van der Waals surface area contributed by atoms with Crippen molar-refractivity contribution in [3.63, 3.8) is 0 Å². The monoisotopic (exact) mass is 496 g/mol. The second-order valence-corrected chi connectivity index (χ2v) is 9.96. The first kappa shape index (κ1) is 27.2. The maximum Gasteiger partial charge on any atom is 0.304 e. The molecular formula is C23H30F2N4O4S. The molecule has 0 aliphatic heterocycles. The number of hydrogen-bond donors (Lipinski definition) is 1. The van der Waals surface area contributed by atoms with Gasteiger partial charge in [-0.1, -0.05) is 19.1 Å². The fraction of sp³-hybridized carbons (Fsp3) is 0.391. The van der Waals surface area contributed by atoms with Crippen molar-refractivity contribution in [2.45, 2.75) is 32.9 Å². The predicted octanol–water partition coefficient (Wildman–Crippen LogP) is 2.52. The van der Waals surface area contributed by atoms with Crippen molar-refractivity contribution in [1.82, 2.24) is 14.5 Å². The third-order valence-electron chi connectivity index (χ3n) is 5.12. The largest absolute Gasteiger partial charge is 0.354 e. The molecule has 1 unspecified atom stereocenters. The fourth-order valence-electron chi connectivity index (χ4n) is 3.09. The summed E-state index contributed by atoms with van der Waals surface area (Å²) in [5.74, 6) is -2.06. The second kappa shape index (κ2) is 11.9. The number of rotatable bonds is 11. The van der Waals surface area contributed by atoms with Crippen LogP contribution in [0, 0.1) is 11.6 Å². The summed E-state index contributed by atoms with van der Waals surface area (Å²) < 4.78 is 54.5. The molecule has 34 heavy (non-hydrogen) atoms. The Kier molecular flexibility index (Phi) is 9.51. The molecule has 0 heterocycles. The molecule has 186 valence electrons. The molecule has 0 bridgehead atoms. The van der Waals surface area contributed by atoms with Gasteiger partial charge in [-0.15, -0.1) is 0 Å². The molecule has 11 heteroatoms. The summed E-state index contributed by atoms with van der Waals surface area (Å²) in [5.41, 5.74) is 0.655. The topological polar surface area (TPSA) is 90.0 Å². The molecule has 2 amide bonds. The third kappa shape index (κ3) is 6.97. The summed E-state index contributed by atoms with van der Waals surface area (Å²) in [5, 5.41) is 2.73. The number of nitrogens with one attached hydrogen (secondary N) is 1. The number of benzene rings is 2. The van der Waals surface area contributed by atoms with E-state index < -0.39 is 46.2 Å². The van der Waals surface area contributed by atoms with Gasteiger partial charge >= 0.3 is 10.2 Å². The molecule has 2 aromatic rings. The van der Waals surface area contributed by atoms with Crippen LogP contribution in [0.5, 0.6) is 0 Å². The molecule has 0 aliphatic rings. The van der Waals surface area contributed by atoms with E-state index in [4.69, 9.17) is 0 Å². The first-order valence-corrected chi connectivity index (χ1v) is 12.1. The van der Waals surface area contributed by atoms with Crippen LogP contribution >= 0.6 is 0 Å². The van der Waals surface area contributed by atoms with E-state index in [0.717, 1.165) is 20.7 Å². The Balaban J connectivity index is 2.41. The summed E-state index contributed by atoms with van der Waals surface area (Å²) in [6.45, 7) is 3.17. The lowest BCUT2D eigenvalue weighted by atomic mass is 10.1. The minimum atomic E-state index is -4.13. The third-order valence-corrected chi connectivity index (χ3v) is 6.94. The lowest BCUT2D eigenvalue weighted by molar-refractivity contribution is -0.139. The van der Waals surface area contributed by atoms with Gasteiger partial charge in [-0.05, 0) is 55.3 Å². The van der Waals surface area contributed by atoms with E-state index in [9.17, 15) is 26.8 Å². The zero-order chi connectivity index (χ0) is 25.5. The van der Waals surface area contributed by atoms with Crippen LogP contribution in [-0.4, -0.2) is 62.7 Å². The zero-order valence-electron chi connectivity index (χ0n) is 19.7. The predicted molar refractivity (Wildman–Crippen MR) is 126 cm³/mol. The highest BCUT2D eigenvalue weighted by Gasteiger charge is 2.32. The van der Waals surface area contributed by atoms with Crippen molar-refractivity contribution in [2.75, 3.05) is 31.5 Å². The van der Waals surface area contributed by atoms with Crippen LogP contribution < -0.4 is 9.62 Å². The molecular weight excluding hydrogens is 466 g/mol. The molecule has 0 radical (unpaired) electrons. The Morgan fingerprint density at radius 1 is 0.971 bits per heavy atom. The lowest BCUT2D eigenvalue weighted by Crippen LogP contribution is -2.52. The van der Waals surface area contributed by atoms with E-state index in [2.05, 4.69) is 5.32 Å². The molecule has 8 nitrogen and oxygen atoms in total. The number of carbonyl (C=O) groups excluding carboxylic acids is 2. The molecule has 0 fully saturated rings. The Bertz CT molecular complexity index is 1080. The standard InChI is InChI=1S/C23H30F2N4O4S/c1-5-14-26-23(31)17(2)28(15-18-6-8-19(24)9-7-18)22(30)16-29(34(32,33)27(3)4)21-12-10-20(25)11-13-21/h6-13,17H,5,14-16H2,1-4H3,(H,26,31). The Labute approximate surface area is 199 Å². The zero-order valence-corrected chi connectivity index (χ0v) is 20.5. The first-order valence-electron chi connectivity index (χ1n) is 10.7. The van der Waals surface area contributed by atoms with Gasteiger partial charge in [0.25, 0.3) is 0 Å². The fourth-order valence-corrected chi connectivity index (χ4v) is 4.15. The van der Waals surface area contributed by atoms with Gasteiger partial charge < -0.3 is 10.2 Å². The lowest BCUT2D eigenvalue weighted by Gasteiger charge is -2.32. The van der Waals surface area contributed by atoms with Crippen LogP contribution in [0.15, 0.2) is 48.5 Å². The SMILES string of the molecule is CCCNC(=O)C(C)N(Cc1ccc(F)cc1)C(=O)CN(c1ccc(F)cc1)S(=O)(=O)N(C)C. The normalized spacial score (nSPS) is 12.3. The molecule has 1 N–H and O–H groups in total. The van der Waals surface area contributed by atoms with Crippen molar-refractivity contribution in [3.05, 3.63) is 65.7 Å². The van der Waals surface area contributed by atoms with Gasteiger partial charge in [0, 0.05) is 27.2 Å². The van der Waals surface area contributed by atoms with Crippen LogP contribution in [0.2, 0.25) is 0 Å². The number of hydrogen-bond acceptors (Lipinski definition) is 4. The number of nitrogens with zero attached hydrogens (tertiary/aromatic N) is 3. The van der Waals surface area contributed by atoms with Crippen LogP contribution in [0.3, 0.4) is 0 Å². The van der Waals surface area contributed by atoms with Gasteiger partial charge in [-0.3, -0.25) is 9.59 Å². The molecule has 2 rings (SSSR count). The minimum Gasteiger partial charge on any atom is -0.354 e. The Hall–Kier alpha value is -3.05.